The van der Waals surface area contributed by atoms with Crippen molar-refractivity contribution in [3.63, 3.8) is 0 Å². The van der Waals surface area contributed by atoms with E-state index in [1.165, 1.54) is 0 Å². The molecule has 2 N–H and O–H groups in total. The minimum atomic E-state index is -0.528. The van der Waals surface area contributed by atoms with Gasteiger partial charge in [-0.1, -0.05) is 12.1 Å². The van der Waals surface area contributed by atoms with E-state index in [0.29, 0.717) is 31.8 Å². The maximum atomic E-state index is 12.7. The monoisotopic (exact) mass is 314 g/mol. The van der Waals surface area contributed by atoms with E-state index in [9.17, 15) is 4.79 Å². The minimum absolute atomic E-state index is 0.0204. The number of carbonyl (C=O) groups excluding carboxylic acids is 1. The fraction of sp³-hybridized carbons (Fsp3) is 0.412. The number of hydrogen-bond donors (Lipinski definition) is 1. The second-order valence-electron chi connectivity index (χ2n) is 6.11. The highest BCUT2D eigenvalue weighted by Crippen LogP contribution is 2.29. The van der Waals surface area contributed by atoms with E-state index in [1.807, 2.05) is 49.3 Å². The normalized spacial score (nSPS) is 21.4. The lowest BCUT2D eigenvalue weighted by Crippen LogP contribution is -2.50. The lowest BCUT2D eigenvalue weighted by molar-refractivity contribution is -0.0931. The molecule has 0 spiro atoms. The molecule has 1 atom stereocenters. The molecular weight excluding hydrogens is 292 g/mol. The number of morpholine rings is 1. The Hall–Kier alpha value is -2.18. The lowest BCUT2D eigenvalue weighted by Gasteiger charge is -2.40. The molecule has 1 amide bonds. The Labute approximate surface area is 135 Å². The molecule has 1 unspecified atom stereocenters. The van der Waals surface area contributed by atoms with Gasteiger partial charge in [0.05, 0.1) is 19.3 Å². The number of benzene rings is 1. The number of ether oxygens (including phenoxy) is 1. The molecule has 1 aromatic carbocycles. The molecule has 0 aliphatic carbocycles. The van der Waals surface area contributed by atoms with Gasteiger partial charge < -0.3 is 15.4 Å². The van der Waals surface area contributed by atoms with Gasteiger partial charge in [-0.2, -0.15) is 5.10 Å². The summed E-state index contributed by atoms with van der Waals surface area (Å²) < 4.78 is 7.70. The Bertz CT molecular complexity index is 695. The van der Waals surface area contributed by atoms with Crippen LogP contribution in [0.1, 0.15) is 28.4 Å². The summed E-state index contributed by atoms with van der Waals surface area (Å²) in [6.45, 7) is 4.09. The quantitative estimate of drug-likeness (QED) is 0.926. The van der Waals surface area contributed by atoms with Crippen LogP contribution in [-0.4, -0.2) is 40.3 Å². The number of nitrogens with two attached hydrogens (primary N) is 1. The average Bonchev–Trinajstić information content (AvgIpc) is 3.02. The van der Waals surface area contributed by atoms with Gasteiger partial charge in [0.25, 0.3) is 5.91 Å². The smallest absolute Gasteiger partial charge is 0.254 e. The third-order valence-electron chi connectivity index (χ3n) is 4.31. The average molecular weight is 314 g/mol. The van der Waals surface area contributed by atoms with Crippen LogP contribution in [0.4, 0.5) is 0 Å². The van der Waals surface area contributed by atoms with Gasteiger partial charge >= 0.3 is 0 Å². The molecule has 0 saturated carbocycles. The van der Waals surface area contributed by atoms with E-state index >= 15 is 0 Å². The molecule has 1 aliphatic heterocycles. The zero-order valence-corrected chi connectivity index (χ0v) is 13.5. The van der Waals surface area contributed by atoms with Crippen LogP contribution in [0.2, 0.25) is 0 Å². The van der Waals surface area contributed by atoms with Gasteiger partial charge in [-0.25, -0.2) is 0 Å². The molecule has 2 aromatic rings. The summed E-state index contributed by atoms with van der Waals surface area (Å²) in [6.07, 6.45) is 3.73. The lowest BCUT2D eigenvalue weighted by atomic mass is 9.96. The van der Waals surface area contributed by atoms with E-state index in [1.54, 1.807) is 10.9 Å². The van der Waals surface area contributed by atoms with Crippen molar-refractivity contribution in [1.29, 1.82) is 0 Å². The minimum Gasteiger partial charge on any atom is -0.367 e. The fourth-order valence-corrected chi connectivity index (χ4v) is 2.88. The van der Waals surface area contributed by atoms with Gasteiger partial charge in [0.2, 0.25) is 0 Å². The Balaban J connectivity index is 1.78. The van der Waals surface area contributed by atoms with E-state index in [-0.39, 0.29) is 5.91 Å². The number of carbonyl (C=O) groups is 1. The number of amides is 1. The molecule has 6 nitrogen and oxygen atoms in total. The predicted octanol–water partition coefficient (Wildman–Crippen LogP) is 1.27. The fourth-order valence-electron chi connectivity index (χ4n) is 2.88. The van der Waals surface area contributed by atoms with Gasteiger partial charge in [0, 0.05) is 37.5 Å². The summed E-state index contributed by atoms with van der Waals surface area (Å²) in [5.41, 5.74) is 7.75. The number of aryl methyl sites for hydroxylation is 1. The Morgan fingerprint density at radius 3 is 2.74 bits per heavy atom. The number of aromatic nitrogens is 2. The van der Waals surface area contributed by atoms with Crippen LogP contribution in [0, 0.1) is 0 Å². The Kier molecular flexibility index (Phi) is 4.19. The summed E-state index contributed by atoms with van der Waals surface area (Å²) in [5.74, 6) is 0.0204. The Morgan fingerprint density at radius 1 is 1.39 bits per heavy atom. The molecule has 0 radical (unpaired) electrons. The van der Waals surface area contributed by atoms with E-state index in [2.05, 4.69) is 5.10 Å². The standard InChI is InChI=1S/C17H22N4O2/c1-17(15-10-19-20(2)11-15)12-21(7-8-23-17)16(22)14-5-3-13(9-18)4-6-14/h3-6,10-11H,7-9,12,18H2,1-2H3. The second-order valence-corrected chi connectivity index (χ2v) is 6.11. The first kappa shape index (κ1) is 15.7. The van der Waals surface area contributed by atoms with Gasteiger partial charge in [-0.15, -0.1) is 0 Å². The molecule has 1 aromatic heterocycles. The number of nitrogens with zero attached hydrogens (tertiary/aromatic N) is 3. The van der Waals surface area contributed by atoms with Crippen LogP contribution < -0.4 is 5.73 Å². The summed E-state index contributed by atoms with van der Waals surface area (Å²) >= 11 is 0. The van der Waals surface area contributed by atoms with Crippen molar-refractivity contribution in [3.8, 4) is 0 Å². The molecule has 122 valence electrons. The van der Waals surface area contributed by atoms with Crippen LogP contribution in [0.25, 0.3) is 0 Å². The molecule has 1 saturated heterocycles. The van der Waals surface area contributed by atoms with Crippen molar-refractivity contribution in [2.75, 3.05) is 19.7 Å². The van der Waals surface area contributed by atoms with Crippen molar-refractivity contribution in [1.82, 2.24) is 14.7 Å². The molecule has 23 heavy (non-hydrogen) atoms. The van der Waals surface area contributed by atoms with Crippen molar-refractivity contribution in [2.24, 2.45) is 12.8 Å². The number of hydrogen-bond acceptors (Lipinski definition) is 4. The van der Waals surface area contributed by atoms with Crippen LogP contribution in [0.5, 0.6) is 0 Å². The number of rotatable bonds is 3. The largest absolute Gasteiger partial charge is 0.367 e. The Morgan fingerprint density at radius 2 is 2.13 bits per heavy atom. The third-order valence-corrected chi connectivity index (χ3v) is 4.31. The van der Waals surface area contributed by atoms with Gasteiger partial charge in [0.15, 0.2) is 0 Å². The van der Waals surface area contributed by atoms with Crippen LogP contribution in [-0.2, 0) is 23.9 Å². The summed E-state index contributed by atoms with van der Waals surface area (Å²) in [6, 6.07) is 7.46. The van der Waals surface area contributed by atoms with Crippen molar-refractivity contribution in [2.45, 2.75) is 19.1 Å². The highest BCUT2D eigenvalue weighted by atomic mass is 16.5. The molecule has 1 aliphatic rings. The first-order valence-corrected chi connectivity index (χ1v) is 7.73. The summed E-state index contributed by atoms with van der Waals surface area (Å²) in [4.78, 5) is 14.6. The molecule has 2 heterocycles. The first-order chi connectivity index (χ1) is 11.0. The van der Waals surface area contributed by atoms with E-state index < -0.39 is 5.60 Å². The van der Waals surface area contributed by atoms with Crippen LogP contribution in [0.15, 0.2) is 36.7 Å². The molecule has 0 bridgehead atoms. The molecule has 1 fully saturated rings. The molecular formula is C17H22N4O2. The molecule has 3 rings (SSSR count). The highest BCUT2D eigenvalue weighted by Gasteiger charge is 2.36. The van der Waals surface area contributed by atoms with Gasteiger partial charge in [0.1, 0.15) is 5.60 Å². The molecule has 6 heteroatoms. The van der Waals surface area contributed by atoms with Crippen LogP contribution >= 0.6 is 0 Å². The maximum Gasteiger partial charge on any atom is 0.254 e. The zero-order chi connectivity index (χ0) is 16.4. The van der Waals surface area contributed by atoms with E-state index in [4.69, 9.17) is 10.5 Å². The highest BCUT2D eigenvalue weighted by molar-refractivity contribution is 5.94. The SMILES string of the molecule is Cn1cc(C2(C)CN(C(=O)c3ccc(CN)cc3)CCO2)cn1. The van der Waals surface area contributed by atoms with Gasteiger partial charge in [-0.3, -0.25) is 9.48 Å². The first-order valence-electron chi connectivity index (χ1n) is 7.73. The van der Waals surface area contributed by atoms with E-state index in [0.717, 1.165) is 11.1 Å². The van der Waals surface area contributed by atoms with Gasteiger partial charge in [-0.05, 0) is 24.6 Å². The summed E-state index contributed by atoms with van der Waals surface area (Å²) in [7, 11) is 1.87. The van der Waals surface area contributed by atoms with Crippen molar-refractivity contribution < 1.29 is 9.53 Å². The predicted molar refractivity (Wildman–Crippen MR) is 86.7 cm³/mol. The van der Waals surface area contributed by atoms with Crippen molar-refractivity contribution >= 4 is 5.91 Å². The summed E-state index contributed by atoms with van der Waals surface area (Å²) in [5, 5.41) is 4.21. The van der Waals surface area contributed by atoms with Crippen LogP contribution in [0.3, 0.4) is 0 Å². The maximum absolute atomic E-state index is 12.7. The van der Waals surface area contributed by atoms with Crippen molar-refractivity contribution in [3.05, 3.63) is 53.3 Å². The second kappa shape index (κ2) is 6.14. The third kappa shape index (κ3) is 3.13. The topological polar surface area (TPSA) is 73.4 Å². The zero-order valence-electron chi connectivity index (χ0n) is 13.5.